The molecule has 3 rings (SSSR count). The van der Waals surface area contributed by atoms with Gasteiger partial charge in [0, 0.05) is 12.6 Å². The van der Waals surface area contributed by atoms with Crippen LogP contribution in [-0.4, -0.2) is 51.4 Å². The lowest BCUT2D eigenvalue weighted by Crippen LogP contribution is -2.57. The topological polar surface area (TPSA) is 75.7 Å². The predicted molar refractivity (Wildman–Crippen MR) is 109 cm³/mol. The second-order valence-corrected chi connectivity index (χ2v) is 9.03. The van der Waals surface area contributed by atoms with Crippen molar-refractivity contribution in [2.75, 3.05) is 19.9 Å². The Morgan fingerprint density at radius 1 is 1.21 bits per heavy atom. The van der Waals surface area contributed by atoms with Crippen LogP contribution in [0, 0.1) is 5.82 Å². The van der Waals surface area contributed by atoms with E-state index >= 15 is 0 Å². The van der Waals surface area contributed by atoms with E-state index in [-0.39, 0.29) is 6.42 Å². The number of hydrogen-bond acceptors (Lipinski definition) is 4. The molecule has 2 aromatic carbocycles. The maximum Gasteiger partial charge on any atom is 0.409 e. The van der Waals surface area contributed by atoms with E-state index in [1.165, 1.54) is 18.1 Å². The molecule has 1 heterocycles. The van der Waals surface area contributed by atoms with Gasteiger partial charge in [-0.05, 0) is 48.1 Å². The third-order valence-corrected chi connectivity index (χ3v) is 5.87. The molecule has 1 aliphatic rings. The molecule has 0 radical (unpaired) electrons. The Morgan fingerprint density at radius 3 is 2.59 bits per heavy atom. The van der Waals surface area contributed by atoms with Crippen LogP contribution >= 0.6 is 0 Å². The number of benzene rings is 2. The number of halogens is 1. The second-order valence-electron chi connectivity index (χ2n) is 7.25. The first-order valence-corrected chi connectivity index (χ1v) is 11.3. The van der Waals surface area contributed by atoms with Gasteiger partial charge >= 0.3 is 6.09 Å². The summed E-state index contributed by atoms with van der Waals surface area (Å²) < 4.78 is 45.8. The lowest BCUT2D eigenvalue weighted by atomic mass is 9.90. The van der Waals surface area contributed by atoms with E-state index < -0.39 is 34.0 Å². The Morgan fingerprint density at radius 2 is 1.93 bits per heavy atom. The van der Waals surface area contributed by atoms with Gasteiger partial charge in [0.05, 0.1) is 19.4 Å². The number of nitrogens with one attached hydrogen (secondary N) is 1. The molecule has 0 saturated carbocycles. The first-order valence-electron chi connectivity index (χ1n) is 9.44. The molecule has 0 aromatic heterocycles. The molecule has 6 nitrogen and oxygen atoms in total. The minimum Gasteiger partial charge on any atom is -0.453 e. The number of nitrogens with zero attached hydrogens (tertiary/aromatic N) is 1. The van der Waals surface area contributed by atoms with Gasteiger partial charge in [-0.2, -0.15) is 0 Å². The van der Waals surface area contributed by atoms with Crippen molar-refractivity contribution in [2.24, 2.45) is 0 Å². The molecule has 0 spiro atoms. The van der Waals surface area contributed by atoms with Crippen LogP contribution in [0.4, 0.5) is 9.18 Å². The average Bonchev–Trinajstić information content (AvgIpc) is 2.69. The molecule has 0 unspecified atom stereocenters. The molecule has 1 saturated heterocycles. The summed E-state index contributed by atoms with van der Waals surface area (Å²) in [6.45, 7) is 0.430. The fourth-order valence-corrected chi connectivity index (χ4v) is 4.66. The summed E-state index contributed by atoms with van der Waals surface area (Å²) in [5, 5.41) is 0. The van der Waals surface area contributed by atoms with Crippen LogP contribution in [0.2, 0.25) is 0 Å². The standard InChI is InChI=1S/C21H25FN2O4S/c1-28-21(25)24-12-6-9-19(23-29(2,26)27)20(24)14-17-13-16(10-11-18(17)22)15-7-4-3-5-8-15/h3-5,7-8,10-11,13,19-20,23H,6,9,12,14H2,1-2H3/t19-,20-/m0/s1. The molecule has 0 aliphatic carbocycles. The highest BCUT2D eigenvalue weighted by molar-refractivity contribution is 7.88. The maximum absolute atomic E-state index is 14.6. The molecule has 1 amide bonds. The SMILES string of the molecule is COC(=O)N1CCC[C@H](NS(C)(=O)=O)[C@@H]1Cc1cc(-c2ccccc2)ccc1F. The number of rotatable bonds is 5. The number of carbonyl (C=O) groups excluding carboxylic acids is 1. The molecular weight excluding hydrogens is 395 g/mol. The van der Waals surface area contributed by atoms with Gasteiger partial charge in [-0.15, -0.1) is 0 Å². The first-order chi connectivity index (χ1) is 13.8. The highest BCUT2D eigenvalue weighted by Crippen LogP contribution is 2.27. The van der Waals surface area contributed by atoms with Crippen molar-refractivity contribution < 1.29 is 22.3 Å². The summed E-state index contributed by atoms with van der Waals surface area (Å²) in [5.41, 5.74) is 2.23. The van der Waals surface area contributed by atoms with E-state index in [9.17, 15) is 17.6 Å². The van der Waals surface area contributed by atoms with Gasteiger partial charge in [-0.3, -0.25) is 0 Å². The van der Waals surface area contributed by atoms with Crippen molar-refractivity contribution in [3.63, 3.8) is 0 Å². The molecule has 1 aliphatic heterocycles. The van der Waals surface area contributed by atoms with Gasteiger partial charge < -0.3 is 9.64 Å². The lowest BCUT2D eigenvalue weighted by Gasteiger charge is -2.40. The minimum atomic E-state index is -3.49. The summed E-state index contributed by atoms with van der Waals surface area (Å²) in [6, 6.07) is 13.4. The number of hydrogen-bond donors (Lipinski definition) is 1. The summed E-state index contributed by atoms with van der Waals surface area (Å²) >= 11 is 0. The fourth-order valence-electron chi connectivity index (χ4n) is 3.83. The molecule has 0 bridgehead atoms. The van der Waals surface area contributed by atoms with Crippen molar-refractivity contribution in [1.29, 1.82) is 0 Å². The zero-order valence-corrected chi connectivity index (χ0v) is 17.3. The Labute approximate surface area is 170 Å². The van der Waals surface area contributed by atoms with Gasteiger partial charge in [-0.1, -0.05) is 36.4 Å². The molecule has 2 atom stereocenters. The van der Waals surface area contributed by atoms with Crippen LogP contribution in [0.15, 0.2) is 48.5 Å². The Kier molecular flexibility index (Phi) is 6.54. The average molecular weight is 421 g/mol. The van der Waals surface area contributed by atoms with Crippen molar-refractivity contribution in [3.8, 4) is 11.1 Å². The molecule has 29 heavy (non-hydrogen) atoms. The van der Waals surface area contributed by atoms with Crippen LogP contribution in [0.25, 0.3) is 11.1 Å². The smallest absolute Gasteiger partial charge is 0.409 e. The molecule has 2 aromatic rings. The van der Waals surface area contributed by atoms with Gasteiger partial charge in [0.1, 0.15) is 5.82 Å². The second kappa shape index (κ2) is 8.92. The largest absolute Gasteiger partial charge is 0.453 e. The molecule has 156 valence electrons. The van der Waals surface area contributed by atoms with E-state index in [0.717, 1.165) is 17.4 Å². The third kappa shape index (κ3) is 5.33. The maximum atomic E-state index is 14.6. The summed E-state index contributed by atoms with van der Waals surface area (Å²) in [7, 11) is -2.21. The van der Waals surface area contributed by atoms with E-state index in [2.05, 4.69) is 4.72 Å². The van der Waals surface area contributed by atoms with Gasteiger partial charge in [0.25, 0.3) is 0 Å². The molecule has 8 heteroatoms. The molecule has 1 fully saturated rings. The Bertz CT molecular complexity index is 966. The van der Waals surface area contributed by atoms with Gasteiger partial charge in [-0.25, -0.2) is 22.3 Å². The van der Waals surface area contributed by atoms with E-state index in [1.54, 1.807) is 12.1 Å². The Balaban J connectivity index is 1.95. The third-order valence-electron chi connectivity index (χ3n) is 5.14. The fraction of sp³-hybridized carbons (Fsp3) is 0.381. The number of methoxy groups -OCH3 is 1. The highest BCUT2D eigenvalue weighted by Gasteiger charge is 2.36. The lowest BCUT2D eigenvalue weighted by molar-refractivity contribution is 0.0790. The Hall–Kier alpha value is -2.45. The number of piperidine rings is 1. The van der Waals surface area contributed by atoms with Gasteiger partial charge in [0.15, 0.2) is 0 Å². The number of ether oxygens (including phenoxy) is 1. The van der Waals surface area contributed by atoms with Crippen LogP contribution in [0.3, 0.4) is 0 Å². The normalized spacial score (nSPS) is 19.8. The van der Waals surface area contributed by atoms with Crippen LogP contribution in [-0.2, 0) is 21.2 Å². The monoisotopic (exact) mass is 420 g/mol. The number of amides is 1. The predicted octanol–water partition coefficient (Wildman–Crippen LogP) is 3.18. The number of likely N-dealkylation sites (tertiary alicyclic amines) is 1. The van der Waals surface area contributed by atoms with Crippen molar-refractivity contribution >= 4 is 16.1 Å². The van der Waals surface area contributed by atoms with Gasteiger partial charge in [0.2, 0.25) is 10.0 Å². The van der Waals surface area contributed by atoms with Crippen molar-refractivity contribution in [2.45, 2.75) is 31.3 Å². The summed E-state index contributed by atoms with van der Waals surface area (Å²) in [5.74, 6) is -0.391. The molecular formula is C21H25FN2O4S. The van der Waals surface area contributed by atoms with Crippen molar-refractivity contribution in [3.05, 3.63) is 59.9 Å². The molecule has 1 N–H and O–H groups in total. The van der Waals surface area contributed by atoms with Crippen LogP contribution in [0.1, 0.15) is 18.4 Å². The van der Waals surface area contributed by atoms with E-state index in [4.69, 9.17) is 4.74 Å². The quantitative estimate of drug-likeness (QED) is 0.806. The van der Waals surface area contributed by atoms with Crippen LogP contribution in [0.5, 0.6) is 0 Å². The van der Waals surface area contributed by atoms with Crippen molar-refractivity contribution in [1.82, 2.24) is 9.62 Å². The zero-order valence-electron chi connectivity index (χ0n) is 16.5. The zero-order chi connectivity index (χ0) is 21.0. The first kappa shape index (κ1) is 21.3. The summed E-state index contributed by atoms with van der Waals surface area (Å²) in [4.78, 5) is 13.8. The van der Waals surface area contributed by atoms with E-state index in [1.807, 2.05) is 30.3 Å². The summed E-state index contributed by atoms with van der Waals surface area (Å²) in [6.07, 6.45) is 1.90. The number of carbonyl (C=O) groups is 1. The van der Waals surface area contributed by atoms with E-state index in [0.29, 0.717) is 24.9 Å². The van der Waals surface area contributed by atoms with Crippen LogP contribution < -0.4 is 4.72 Å². The number of sulfonamides is 1. The highest BCUT2D eigenvalue weighted by atomic mass is 32.2. The minimum absolute atomic E-state index is 0.175.